The zero-order valence-corrected chi connectivity index (χ0v) is 9.05. The lowest BCUT2D eigenvalue weighted by molar-refractivity contribution is 0.138. The fourth-order valence-corrected chi connectivity index (χ4v) is 2.44. The van der Waals surface area contributed by atoms with Gasteiger partial charge in [0.1, 0.15) is 5.01 Å². The highest BCUT2D eigenvalue weighted by Crippen LogP contribution is 2.26. The maximum atomic E-state index is 9.60. The molecule has 1 fully saturated rings. The lowest BCUT2D eigenvalue weighted by Gasteiger charge is -2.13. The zero-order chi connectivity index (χ0) is 9.97. The Morgan fingerprint density at radius 2 is 2.36 bits per heavy atom. The van der Waals surface area contributed by atoms with Gasteiger partial charge in [-0.3, -0.25) is 0 Å². The number of anilines is 1. The first-order valence-corrected chi connectivity index (χ1v) is 5.79. The van der Waals surface area contributed by atoms with Crippen LogP contribution in [-0.4, -0.2) is 28.0 Å². The van der Waals surface area contributed by atoms with Crippen molar-refractivity contribution in [3.05, 3.63) is 5.01 Å². The number of nitrogens with one attached hydrogen (secondary N) is 1. The Labute approximate surface area is 87.4 Å². The van der Waals surface area contributed by atoms with Crippen LogP contribution >= 0.6 is 11.3 Å². The van der Waals surface area contributed by atoms with E-state index in [0.29, 0.717) is 5.92 Å². The van der Waals surface area contributed by atoms with E-state index in [2.05, 4.69) is 15.5 Å². The first-order chi connectivity index (χ1) is 6.75. The molecule has 2 atom stereocenters. The molecule has 1 heterocycles. The highest BCUT2D eigenvalue weighted by molar-refractivity contribution is 7.15. The molecular formula is C9H15N3OS. The number of aryl methyl sites for hydroxylation is 1. The summed E-state index contributed by atoms with van der Waals surface area (Å²) in [4.78, 5) is 0. The van der Waals surface area contributed by atoms with Crippen LogP contribution in [0.4, 0.5) is 5.13 Å². The molecule has 0 amide bonds. The maximum absolute atomic E-state index is 9.60. The number of hydrogen-bond donors (Lipinski definition) is 2. The summed E-state index contributed by atoms with van der Waals surface area (Å²) in [5, 5.41) is 22.6. The average Bonchev–Trinajstić information content (AvgIpc) is 2.72. The molecule has 0 aliphatic heterocycles. The Balaban J connectivity index is 1.82. The Morgan fingerprint density at radius 1 is 1.50 bits per heavy atom. The molecule has 0 bridgehead atoms. The molecule has 0 saturated heterocycles. The molecule has 5 heteroatoms. The van der Waals surface area contributed by atoms with Crippen molar-refractivity contribution in [2.24, 2.45) is 5.92 Å². The van der Waals surface area contributed by atoms with E-state index in [-0.39, 0.29) is 6.10 Å². The summed E-state index contributed by atoms with van der Waals surface area (Å²) in [6, 6.07) is 0. The molecule has 0 spiro atoms. The van der Waals surface area contributed by atoms with Crippen LogP contribution in [0.2, 0.25) is 0 Å². The number of aliphatic hydroxyl groups is 1. The third-order valence-corrected chi connectivity index (χ3v) is 3.46. The van der Waals surface area contributed by atoms with E-state index in [1.807, 2.05) is 6.92 Å². The fourth-order valence-electron chi connectivity index (χ4n) is 1.84. The Kier molecular flexibility index (Phi) is 2.98. The summed E-state index contributed by atoms with van der Waals surface area (Å²) in [5.41, 5.74) is 0. The number of aromatic nitrogens is 2. The Bertz CT molecular complexity index is 302. The molecule has 1 saturated carbocycles. The lowest BCUT2D eigenvalue weighted by atomic mass is 10.1. The summed E-state index contributed by atoms with van der Waals surface area (Å²) < 4.78 is 0. The summed E-state index contributed by atoms with van der Waals surface area (Å²) in [7, 11) is 0. The largest absolute Gasteiger partial charge is 0.393 e. The summed E-state index contributed by atoms with van der Waals surface area (Å²) in [5.74, 6) is 0.388. The van der Waals surface area contributed by atoms with Crippen LogP contribution < -0.4 is 5.32 Å². The van der Waals surface area contributed by atoms with Gasteiger partial charge < -0.3 is 10.4 Å². The molecule has 1 aliphatic rings. The minimum atomic E-state index is -0.128. The van der Waals surface area contributed by atoms with Gasteiger partial charge in [0, 0.05) is 12.5 Å². The summed E-state index contributed by atoms with van der Waals surface area (Å²) in [6.07, 6.45) is 3.08. The van der Waals surface area contributed by atoms with Crippen LogP contribution in [0.3, 0.4) is 0 Å². The van der Waals surface area contributed by atoms with E-state index < -0.39 is 0 Å². The van der Waals surface area contributed by atoms with Gasteiger partial charge in [-0.05, 0) is 19.8 Å². The van der Waals surface area contributed by atoms with Gasteiger partial charge in [0.2, 0.25) is 5.13 Å². The Hall–Kier alpha value is -0.680. The van der Waals surface area contributed by atoms with Gasteiger partial charge >= 0.3 is 0 Å². The van der Waals surface area contributed by atoms with Crippen LogP contribution in [0.15, 0.2) is 0 Å². The van der Waals surface area contributed by atoms with Crippen molar-refractivity contribution < 1.29 is 5.11 Å². The minimum Gasteiger partial charge on any atom is -0.393 e. The summed E-state index contributed by atoms with van der Waals surface area (Å²) >= 11 is 1.56. The molecule has 1 aromatic heterocycles. The Morgan fingerprint density at radius 3 is 2.93 bits per heavy atom. The second kappa shape index (κ2) is 4.23. The molecule has 14 heavy (non-hydrogen) atoms. The predicted molar refractivity (Wildman–Crippen MR) is 56.5 cm³/mol. The van der Waals surface area contributed by atoms with E-state index in [0.717, 1.165) is 35.9 Å². The number of hydrogen-bond acceptors (Lipinski definition) is 5. The van der Waals surface area contributed by atoms with Gasteiger partial charge in [-0.15, -0.1) is 10.2 Å². The highest BCUT2D eigenvalue weighted by Gasteiger charge is 2.24. The first kappa shape index (κ1) is 9.86. The van der Waals surface area contributed by atoms with Gasteiger partial charge in [0.05, 0.1) is 6.10 Å². The molecule has 0 radical (unpaired) electrons. The monoisotopic (exact) mass is 213 g/mol. The van der Waals surface area contributed by atoms with E-state index in [9.17, 15) is 5.11 Å². The van der Waals surface area contributed by atoms with Gasteiger partial charge in [-0.25, -0.2) is 0 Å². The smallest absolute Gasteiger partial charge is 0.205 e. The van der Waals surface area contributed by atoms with Gasteiger partial charge in [-0.2, -0.15) is 0 Å². The van der Waals surface area contributed by atoms with Crippen molar-refractivity contribution in [2.75, 3.05) is 11.9 Å². The van der Waals surface area contributed by atoms with E-state index in [1.165, 1.54) is 0 Å². The van der Waals surface area contributed by atoms with Crippen LogP contribution in [0.1, 0.15) is 24.3 Å². The number of rotatable bonds is 3. The van der Waals surface area contributed by atoms with Crippen molar-refractivity contribution in [3.63, 3.8) is 0 Å². The summed E-state index contributed by atoms with van der Waals surface area (Å²) in [6.45, 7) is 2.75. The number of aliphatic hydroxyl groups excluding tert-OH is 1. The van der Waals surface area contributed by atoms with Gasteiger partial charge in [0.15, 0.2) is 0 Å². The second-order valence-corrected chi connectivity index (χ2v) is 4.95. The van der Waals surface area contributed by atoms with Crippen molar-refractivity contribution in [1.29, 1.82) is 0 Å². The van der Waals surface area contributed by atoms with E-state index in [4.69, 9.17) is 0 Å². The second-order valence-electron chi connectivity index (χ2n) is 3.77. The topological polar surface area (TPSA) is 58.0 Å². The third kappa shape index (κ3) is 2.22. The van der Waals surface area contributed by atoms with Gasteiger partial charge in [-0.1, -0.05) is 17.8 Å². The van der Waals surface area contributed by atoms with Crippen LogP contribution in [0.5, 0.6) is 0 Å². The molecule has 4 nitrogen and oxygen atoms in total. The SMILES string of the molecule is Cc1nnc(NCC2CCCC2O)s1. The van der Waals surface area contributed by atoms with Crippen molar-refractivity contribution in [2.45, 2.75) is 32.3 Å². The van der Waals surface area contributed by atoms with Crippen LogP contribution in [0, 0.1) is 12.8 Å². The van der Waals surface area contributed by atoms with Crippen LogP contribution in [-0.2, 0) is 0 Å². The third-order valence-electron chi connectivity index (χ3n) is 2.66. The molecule has 1 aromatic rings. The molecule has 78 valence electrons. The first-order valence-electron chi connectivity index (χ1n) is 4.98. The van der Waals surface area contributed by atoms with Crippen molar-refractivity contribution >= 4 is 16.5 Å². The minimum absolute atomic E-state index is 0.128. The van der Waals surface area contributed by atoms with E-state index in [1.54, 1.807) is 11.3 Å². The molecular weight excluding hydrogens is 198 g/mol. The number of nitrogens with zero attached hydrogens (tertiary/aromatic N) is 2. The maximum Gasteiger partial charge on any atom is 0.205 e. The van der Waals surface area contributed by atoms with E-state index >= 15 is 0 Å². The fraction of sp³-hybridized carbons (Fsp3) is 0.778. The standard InChI is InChI=1S/C9H15N3OS/c1-6-11-12-9(14-6)10-5-7-3-2-4-8(7)13/h7-8,13H,2-5H2,1H3,(H,10,12). The van der Waals surface area contributed by atoms with Gasteiger partial charge in [0.25, 0.3) is 0 Å². The predicted octanol–water partition coefficient (Wildman–Crippen LogP) is 1.42. The quantitative estimate of drug-likeness (QED) is 0.797. The molecule has 2 unspecified atom stereocenters. The van der Waals surface area contributed by atoms with Crippen molar-refractivity contribution in [3.8, 4) is 0 Å². The van der Waals surface area contributed by atoms with Crippen LogP contribution in [0.25, 0.3) is 0 Å². The lowest BCUT2D eigenvalue weighted by Crippen LogP contribution is -2.21. The normalized spacial score (nSPS) is 26.7. The highest BCUT2D eigenvalue weighted by atomic mass is 32.1. The van der Waals surface area contributed by atoms with Crippen molar-refractivity contribution in [1.82, 2.24) is 10.2 Å². The molecule has 2 rings (SSSR count). The average molecular weight is 213 g/mol. The molecule has 2 N–H and O–H groups in total. The zero-order valence-electron chi connectivity index (χ0n) is 8.23. The molecule has 1 aliphatic carbocycles. The molecule has 0 aromatic carbocycles.